The van der Waals surface area contributed by atoms with Gasteiger partial charge in [0.05, 0.1) is 0 Å². The van der Waals surface area contributed by atoms with E-state index < -0.39 is 0 Å². The molecule has 0 radical (unpaired) electrons. The van der Waals surface area contributed by atoms with Crippen molar-refractivity contribution in [3.05, 3.63) is 35.2 Å². The summed E-state index contributed by atoms with van der Waals surface area (Å²) in [4.78, 5) is 5.07. The third-order valence-corrected chi connectivity index (χ3v) is 5.22. The molecule has 4 heteroatoms. The lowest BCUT2D eigenvalue weighted by Gasteiger charge is -2.21. The first-order valence-electron chi connectivity index (χ1n) is 7.32. The van der Waals surface area contributed by atoms with E-state index in [9.17, 15) is 0 Å². The molecule has 2 nitrogen and oxygen atoms in total. The van der Waals surface area contributed by atoms with Crippen LogP contribution in [-0.2, 0) is 6.54 Å². The van der Waals surface area contributed by atoms with Crippen molar-refractivity contribution in [2.45, 2.75) is 13.0 Å². The molecule has 0 aliphatic carbocycles. The van der Waals surface area contributed by atoms with Gasteiger partial charge >= 0.3 is 0 Å². The van der Waals surface area contributed by atoms with Crippen molar-refractivity contribution in [1.29, 1.82) is 0 Å². The summed E-state index contributed by atoms with van der Waals surface area (Å²) in [5.74, 6) is 0.745. The number of rotatable bonds is 4. The number of fused-ring (bicyclic) bond motifs is 1. The van der Waals surface area contributed by atoms with Gasteiger partial charge in [-0.1, -0.05) is 18.2 Å². The number of nitrogens with zero attached hydrogens (tertiary/aromatic N) is 2. The molecule has 2 heterocycles. The molecule has 1 aliphatic rings. The molecule has 0 amide bonds. The van der Waals surface area contributed by atoms with Gasteiger partial charge in [-0.15, -0.1) is 22.9 Å². The maximum absolute atomic E-state index is 5.85. The second-order valence-corrected chi connectivity index (χ2v) is 6.71. The highest BCUT2D eigenvalue weighted by molar-refractivity contribution is 7.17. The Morgan fingerprint density at radius 3 is 2.75 bits per heavy atom. The average molecular weight is 309 g/mol. The predicted molar refractivity (Wildman–Crippen MR) is 88.9 cm³/mol. The summed E-state index contributed by atoms with van der Waals surface area (Å²) in [6.45, 7) is 6.79. The van der Waals surface area contributed by atoms with Crippen molar-refractivity contribution in [2.24, 2.45) is 0 Å². The lowest BCUT2D eigenvalue weighted by Crippen LogP contribution is -2.31. The standard InChI is InChI=1S/C16H21ClN2S/c17-6-9-18-7-3-8-19(11-10-18)12-14-13-20-16-5-2-1-4-15(14)16/h1-2,4-5,13H,3,6-12H2. The van der Waals surface area contributed by atoms with E-state index in [1.807, 2.05) is 11.3 Å². The van der Waals surface area contributed by atoms with E-state index in [4.69, 9.17) is 11.6 Å². The van der Waals surface area contributed by atoms with Crippen LogP contribution in [-0.4, -0.2) is 48.4 Å². The van der Waals surface area contributed by atoms with E-state index in [0.717, 1.165) is 32.1 Å². The van der Waals surface area contributed by atoms with Crippen molar-refractivity contribution in [3.8, 4) is 0 Å². The van der Waals surface area contributed by atoms with Crippen LogP contribution in [0.15, 0.2) is 29.6 Å². The minimum atomic E-state index is 0.745. The Labute approximate surface area is 129 Å². The summed E-state index contributed by atoms with van der Waals surface area (Å²) in [5.41, 5.74) is 1.48. The Bertz CT molecular complexity index is 554. The number of benzene rings is 1. The highest BCUT2D eigenvalue weighted by Gasteiger charge is 2.15. The van der Waals surface area contributed by atoms with Crippen molar-refractivity contribution >= 4 is 33.0 Å². The van der Waals surface area contributed by atoms with Gasteiger partial charge in [0.2, 0.25) is 0 Å². The van der Waals surface area contributed by atoms with Crippen LogP contribution in [0.1, 0.15) is 12.0 Å². The Kier molecular flexibility index (Phi) is 4.94. The minimum Gasteiger partial charge on any atom is -0.301 e. The third-order valence-electron chi connectivity index (χ3n) is 4.04. The van der Waals surface area contributed by atoms with Gasteiger partial charge < -0.3 is 4.90 Å². The van der Waals surface area contributed by atoms with Gasteiger partial charge in [0.25, 0.3) is 0 Å². The molecule has 0 saturated carbocycles. The van der Waals surface area contributed by atoms with Crippen LogP contribution in [0.3, 0.4) is 0 Å². The van der Waals surface area contributed by atoms with Gasteiger partial charge in [0.1, 0.15) is 0 Å². The second-order valence-electron chi connectivity index (χ2n) is 5.42. The summed E-state index contributed by atoms with van der Waals surface area (Å²) in [5, 5.41) is 3.76. The summed E-state index contributed by atoms with van der Waals surface area (Å²) >= 11 is 7.71. The lowest BCUT2D eigenvalue weighted by molar-refractivity contribution is 0.259. The van der Waals surface area contributed by atoms with E-state index in [1.54, 1.807) is 0 Å². The van der Waals surface area contributed by atoms with Gasteiger partial charge in [-0.05, 0) is 41.9 Å². The van der Waals surface area contributed by atoms with Crippen LogP contribution < -0.4 is 0 Å². The Morgan fingerprint density at radius 2 is 1.85 bits per heavy atom. The normalized spacial score (nSPS) is 18.4. The van der Waals surface area contributed by atoms with Crippen molar-refractivity contribution in [2.75, 3.05) is 38.6 Å². The summed E-state index contributed by atoms with van der Waals surface area (Å²) in [6.07, 6.45) is 1.25. The van der Waals surface area contributed by atoms with Crippen LogP contribution in [0.25, 0.3) is 10.1 Å². The molecule has 20 heavy (non-hydrogen) atoms. The van der Waals surface area contributed by atoms with Crippen LogP contribution in [0.5, 0.6) is 0 Å². The molecule has 0 N–H and O–H groups in total. The fraction of sp³-hybridized carbons (Fsp3) is 0.500. The lowest BCUT2D eigenvalue weighted by atomic mass is 10.1. The molecule has 1 fully saturated rings. The fourth-order valence-electron chi connectivity index (χ4n) is 2.92. The molecule has 3 rings (SSSR count). The van der Waals surface area contributed by atoms with E-state index in [-0.39, 0.29) is 0 Å². The molecule has 1 saturated heterocycles. The number of thiophene rings is 1. The first-order valence-corrected chi connectivity index (χ1v) is 8.74. The molecule has 0 unspecified atom stereocenters. The molecular formula is C16H21ClN2S. The summed E-state index contributed by atoms with van der Waals surface area (Å²) in [7, 11) is 0. The Morgan fingerprint density at radius 1 is 1.05 bits per heavy atom. The molecule has 0 bridgehead atoms. The molecule has 1 aromatic heterocycles. The van der Waals surface area contributed by atoms with E-state index >= 15 is 0 Å². The van der Waals surface area contributed by atoms with Gasteiger partial charge in [-0.25, -0.2) is 0 Å². The molecule has 0 spiro atoms. The van der Waals surface area contributed by atoms with Crippen molar-refractivity contribution < 1.29 is 0 Å². The highest BCUT2D eigenvalue weighted by atomic mass is 35.5. The molecule has 108 valence electrons. The third kappa shape index (κ3) is 3.34. The SMILES string of the molecule is ClCCN1CCCN(Cc2csc3ccccc23)CC1. The molecule has 1 aliphatic heterocycles. The Hall–Kier alpha value is -0.610. The average Bonchev–Trinajstić information content (AvgIpc) is 2.74. The first kappa shape index (κ1) is 14.3. The number of alkyl halides is 1. The van der Waals surface area contributed by atoms with E-state index in [1.165, 1.54) is 35.2 Å². The van der Waals surface area contributed by atoms with E-state index in [0.29, 0.717) is 0 Å². The zero-order valence-electron chi connectivity index (χ0n) is 11.7. The van der Waals surface area contributed by atoms with Gasteiger partial charge in [-0.2, -0.15) is 0 Å². The second kappa shape index (κ2) is 6.90. The highest BCUT2D eigenvalue weighted by Crippen LogP contribution is 2.26. The minimum absolute atomic E-state index is 0.745. The van der Waals surface area contributed by atoms with E-state index in [2.05, 4.69) is 39.4 Å². The maximum Gasteiger partial charge on any atom is 0.0351 e. The maximum atomic E-state index is 5.85. The predicted octanol–water partition coefficient (Wildman–Crippen LogP) is 3.65. The van der Waals surface area contributed by atoms with Crippen molar-refractivity contribution in [1.82, 2.24) is 9.80 Å². The van der Waals surface area contributed by atoms with Crippen LogP contribution in [0.4, 0.5) is 0 Å². The van der Waals surface area contributed by atoms with Crippen LogP contribution in [0, 0.1) is 0 Å². The van der Waals surface area contributed by atoms with Crippen LogP contribution in [0.2, 0.25) is 0 Å². The first-order chi connectivity index (χ1) is 9.86. The molecule has 2 aromatic rings. The fourth-order valence-corrected chi connectivity index (χ4v) is 4.11. The molecule has 0 atom stereocenters. The Balaban J connectivity index is 1.65. The monoisotopic (exact) mass is 308 g/mol. The van der Waals surface area contributed by atoms with Gasteiger partial charge in [0.15, 0.2) is 0 Å². The summed E-state index contributed by atoms with van der Waals surface area (Å²) in [6, 6.07) is 8.73. The zero-order valence-corrected chi connectivity index (χ0v) is 13.3. The number of hydrogen-bond donors (Lipinski definition) is 0. The van der Waals surface area contributed by atoms with Gasteiger partial charge in [0, 0.05) is 36.8 Å². The number of hydrogen-bond acceptors (Lipinski definition) is 3. The van der Waals surface area contributed by atoms with Gasteiger partial charge in [-0.3, -0.25) is 4.90 Å². The van der Waals surface area contributed by atoms with Crippen molar-refractivity contribution in [3.63, 3.8) is 0 Å². The largest absolute Gasteiger partial charge is 0.301 e. The topological polar surface area (TPSA) is 6.48 Å². The number of halogens is 1. The smallest absolute Gasteiger partial charge is 0.0351 e. The molecule has 1 aromatic carbocycles. The van der Waals surface area contributed by atoms with Crippen LogP contribution >= 0.6 is 22.9 Å². The molecular weight excluding hydrogens is 288 g/mol. The summed E-state index contributed by atoms with van der Waals surface area (Å²) < 4.78 is 1.40. The quantitative estimate of drug-likeness (QED) is 0.796. The zero-order chi connectivity index (χ0) is 13.8.